The first kappa shape index (κ1) is 24.3. The van der Waals surface area contributed by atoms with Gasteiger partial charge in [0.15, 0.2) is 0 Å². The molecule has 0 atom stereocenters. The molecule has 3 aromatic rings. The number of amides is 1. The average Bonchev–Trinajstić information content (AvgIpc) is 3.30. The minimum atomic E-state index is -4.60. The minimum absolute atomic E-state index is 0.0480. The molecule has 0 spiro atoms. The Morgan fingerprint density at radius 3 is 2.42 bits per heavy atom. The molecule has 0 aliphatic heterocycles. The quantitative estimate of drug-likeness (QED) is 0.456. The fraction of sp³-hybridized carbons (Fsp3) is 0.227. The molecule has 1 aromatic heterocycles. The van der Waals surface area contributed by atoms with Crippen LogP contribution in [-0.4, -0.2) is 20.9 Å². The van der Waals surface area contributed by atoms with Crippen LogP contribution in [0.1, 0.15) is 35.0 Å². The number of alkyl halides is 3. The lowest BCUT2D eigenvalue weighted by atomic mass is 10.1. The van der Waals surface area contributed by atoms with E-state index in [1.807, 2.05) is 6.92 Å². The number of anilines is 1. The van der Waals surface area contributed by atoms with E-state index in [4.69, 9.17) is 9.15 Å². The van der Waals surface area contributed by atoms with Gasteiger partial charge >= 0.3 is 6.18 Å². The Morgan fingerprint density at radius 1 is 1.09 bits per heavy atom. The monoisotopic (exact) mass is 482 g/mol. The average molecular weight is 482 g/mol. The number of carbonyl (C=O) groups is 1. The molecule has 11 heteroatoms. The van der Waals surface area contributed by atoms with Crippen LogP contribution >= 0.6 is 0 Å². The van der Waals surface area contributed by atoms with Crippen LogP contribution in [0.15, 0.2) is 70.2 Å². The van der Waals surface area contributed by atoms with Crippen molar-refractivity contribution in [3.05, 3.63) is 77.7 Å². The molecule has 0 bridgehead atoms. The van der Waals surface area contributed by atoms with Crippen molar-refractivity contribution in [1.29, 1.82) is 0 Å². The highest BCUT2D eigenvalue weighted by atomic mass is 32.2. The van der Waals surface area contributed by atoms with E-state index < -0.39 is 27.7 Å². The van der Waals surface area contributed by atoms with Crippen LogP contribution in [0.25, 0.3) is 0 Å². The summed E-state index contributed by atoms with van der Waals surface area (Å²) < 4.78 is 77.0. The number of carbonyl (C=O) groups excluding carboxylic acids is 1. The van der Waals surface area contributed by atoms with Crippen molar-refractivity contribution in [2.45, 2.75) is 31.0 Å². The van der Waals surface area contributed by atoms with Gasteiger partial charge in [0.2, 0.25) is 10.0 Å². The number of ether oxygens (including phenoxy) is 1. The van der Waals surface area contributed by atoms with Gasteiger partial charge in [-0.1, -0.05) is 6.92 Å². The molecule has 0 radical (unpaired) electrons. The fourth-order valence-corrected chi connectivity index (χ4v) is 3.78. The van der Waals surface area contributed by atoms with Crippen molar-refractivity contribution in [2.75, 3.05) is 11.9 Å². The number of hydrogen-bond acceptors (Lipinski definition) is 5. The normalized spacial score (nSPS) is 11.9. The van der Waals surface area contributed by atoms with E-state index in [0.717, 1.165) is 18.2 Å². The standard InChI is InChI=1S/C22H21F3N2O5S/c1-2-11-32-20-10-7-16(22(23,24)25)13-19(20)27-21(28)15-5-8-18(9-6-15)33(29,30)26-14-17-4-3-12-31-17/h3-10,12-13,26H,2,11,14H2,1H3,(H,27,28). The van der Waals surface area contributed by atoms with E-state index in [1.54, 1.807) is 12.1 Å². The molecule has 2 aromatic carbocycles. The van der Waals surface area contributed by atoms with E-state index in [-0.39, 0.29) is 35.0 Å². The summed E-state index contributed by atoms with van der Waals surface area (Å²) in [6, 6.07) is 11.0. The maximum absolute atomic E-state index is 13.1. The van der Waals surface area contributed by atoms with Crippen molar-refractivity contribution < 1.29 is 35.5 Å². The molecule has 7 nitrogen and oxygen atoms in total. The Labute approximate surface area is 188 Å². The third kappa shape index (κ3) is 6.36. The number of hydrogen-bond donors (Lipinski definition) is 2. The van der Waals surface area contributed by atoms with Crippen LogP contribution < -0.4 is 14.8 Å². The zero-order valence-electron chi connectivity index (χ0n) is 17.5. The van der Waals surface area contributed by atoms with Crippen molar-refractivity contribution in [2.24, 2.45) is 0 Å². The highest BCUT2D eigenvalue weighted by Crippen LogP contribution is 2.35. The number of sulfonamides is 1. The summed E-state index contributed by atoms with van der Waals surface area (Å²) in [4.78, 5) is 12.5. The molecular weight excluding hydrogens is 461 g/mol. The molecule has 1 heterocycles. The topological polar surface area (TPSA) is 97.6 Å². The fourth-order valence-electron chi connectivity index (χ4n) is 2.78. The number of halogens is 3. The van der Waals surface area contributed by atoms with Crippen LogP contribution in [0, 0.1) is 0 Å². The van der Waals surface area contributed by atoms with E-state index in [2.05, 4.69) is 10.0 Å². The second kappa shape index (κ2) is 10.1. The predicted octanol–water partition coefficient (Wildman–Crippen LogP) is 4.82. The van der Waals surface area contributed by atoms with E-state index in [0.29, 0.717) is 12.2 Å². The number of nitrogens with one attached hydrogen (secondary N) is 2. The highest BCUT2D eigenvalue weighted by Gasteiger charge is 2.31. The molecule has 0 unspecified atom stereocenters. The van der Waals surface area contributed by atoms with Gasteiger partial charge < -0.3 is 14.5 Å². The molecule has 0 aliphatic carbocycles. The lowest BCUT2D eigenvalue weighted by Gasteiger charge is -2.15. The molecule has 0 saturated carbocycles. The summed E-state index contributed by atoms with van der Waals surface area (Å²) in [6.45, 7) is 2.04. The van der Waals surface area contributed by atoms with Crippen molar-refractivity contribution in [3.63, 3.8) is 0 Å². The van der Waals surface area contributed by atoms with Gasteiger partial charge in [-0.2, -0.15) is 13.2 Å². The Morgan fingerprint density at radius 2 is 1.82 bits per heavy atom. The lowest BCUT2D eigenvalue weighted by Crippen LogP contribution is -2.23. The SMILES string of the molecule is CCCOc1ccc(C(F)(F)F)cc1NC(=O)c1ccc(S(=O)(=O)NCc2ccco2)cc1. The zero-order chi connectivity index (χ0) is 24.1. The summed E-state index contributed by atoms with van der Waals surface area (Å²) in [5.74, 6) is -0.195. The van der Waals surface area contributed by atoms with Crippen LogP contribution in [0.3, 0.4) is 0 Å². The molecule has 0 aliphatic rings. The van der Waals surface area contributed by atoms with Gasteiger partial charge in [-0.15, -0.1) is 0 Å². The van der Waals surface area contributed by atoms with Gasteiger partial charge in [0, 0.05) is 5.56 Å². The van der Waals surface area contributed by atoms with E-state index in [9.17, 15) is 26.4 Å². The summed E-state index contributed by atoms with van der Waals surface area (Å²) in [5.41, 5.74) is -1.02. The van der Waals surface area contributed by atoms with Gasteiger partial charge in [0.1, 0.15) is 11.5 Å². The van der Waals surface area contributed by atoms with Crippen LogP contribution in [-0.2, 0) is 22.7 Å². The number of rotatable bonds is 9. The minimum Gasteiger partial charge on any atom is -0.491 e. The molecular formula is C22H21F3N2O5S. The second-order valence-electron chi connectivity index (χ2n) is 6.94. The molecule has 1 amide bonds. The first-order valence-corrected chi connectivity index (χ1v) is 11.4. The molecule has 0 fully saturated rings. The van der Waals surface area contributed by atoms with Crippen LogP contribution in [0.2, 0.25) is 0 Å². The summed E-state index contributed by atoms with van der Waals surface area (Å²) in [5, 5.41) is 2.41. The van der Waals surface area contributed by atoms with Gasteiger partial charge in [0.25, 0.3) is 5.91 Å². The number of furan rings is 1. The van der Waals surface area contributed by atoms with Gasteiger partial charge in [-0.3, -0.25) is 4.79 Å². The molecule has 0 saturated heterocycles. The van der Waals surface area contributed by atoms with Gasteiger partial charge in [-0.25, -0.2) is 13.1 Å². The molecule has 33 heavy (non-hydrogen) atoms. The molecule has 3 rings (SSSR count). The molecule has 2 N–H and O–H groups in total. The Kier molecular flexibility index (Phi) is 7.44. The summed E-state index contributed by atoms with van der Waals surface area (Å²) in [6.07, 6.45) is -2.56. The highest BCUT2D eigenvalue weighted by molar-refractivity contribution is 7.89. The van der Waals surface area contributed by atoms with Crippen molar-refractivity contribution >= 4 is 21.6 Å². The lowest BCUT2D eigenvalue weighted by molar-refractivity contribution is -0.137. The zero-order valence-corrected chi connectivity index (χ0v) is 18.3. The third-order valence-electron chi connectivity index (χ3n) is 4.46. The van der Waals surface area contributed by atoms with E-state index >= 15 is 0 Å². The Bertz CT molecular complexity index is 1190. The Balaban J connectivity index is 1.76. The van der Waals surface area contributed by atoms with Crippen molar-refractivity contribution in [1.82, 2.24) is 4.72 Å². The van der Waals surface area contributed by atoms with E-state index in [1.165, 1.54) is 30.5 Å². The first-order chi connectivity index (χ1) is 15.6. The largest absolute Gasteiger partial charge is 0.491 e. The predicted molar refractivity (Wildman–Crippen MR) is 114 cm³/mol. The van der Waals surface area contributed by atoms with Crippen LogP contribution in [0.5, 0.6) is 5.75 Å². The second-order valence-corrected chi connectivity index (χ2v) is 8.71. The molecule has 176 valence electrons. The smallest absolute Gasteiger partial charge is 0.416 e. The number of benzene rings is 2. The first-order valence-electron chi connectivity index (χ1n) is 9.87. The van der Waals surface area contributed by atoms with Gasteiger partial charge in [-0.05, 0) is 61.0 Å². The third-order valence-corrected chi connectivity index (χ3v) is 5.88. The summed E-state index contributed by atoms with van der Waals surface area (Å²) >= 11 is 0. The maximum Gasteiger partial charge on any atom is 0.416 e. The van der Waals surface area contributed by atoms with Crippen LogP contribution in [0.4, 0.5) is 18.9 Å². The van der Waals surface area contributed by atoms with Gasteiger partial charge in [0.05, 0.1) is 35.6 Å². The van der Waals surface area contributed by atoms with Crippen molar-refractivity contribution in [3.8, 4) is 5.75 Å². The summed E-state index contributed by atoms with van der Waals surface area (Å²) in [7, 11) is -3.86. The maximum atomic E-state index is 13.1. The Hall–Kier alpha value is -3.31.